The molecule has 0 aromatic heterocycles. The molecule has 2 rings (SSSR count). The summed E-state index contributed by atoms with van der Waals surface area (Å²) < 4.78 is 5.63. The van der Waals surface area contributed by atoms with Gasteiger partial charge in [0.05, 0.1) is 0 Å². The van der Waals surface area contributed by atoms with Crippen molar-refractivity contribution in [1.82, 2.24) is 9.80 Å². The van der Waals surface area contributed by atoms with Crippen molar-refractivity contribution in [3.63, 3.8) is 0 Å². The van der Waals surface area contributed by atoms with Crippen LogP contribution >= 0.6 is 0 Å². The van der Waals surface area contributed by atoms with Gasteiger partial charge in [-0.25, -0.2) is 0 Å². The Labute approximate surface area is 110 Å². The van der Waals surface area contributed by atoms with Crippen LogP contribution in [0.3, 0.4) is 0 Å². The maximum atomic E-state index is 12.7. The molecule has 2 saturated heterocycles. The Kier molecular flexibility index (Phi) is 4.62. The van der Waals surface area contributed by atoms with Crippen molar-refractivity contribution in [2.24, 2.45) is 0 Å². The Morgan fingerprint density at radius 1 is 0.944 bits per heavy atom. The average molecular weight is 254 g/mol. The molecule has 0 aromatic rings. The van der Waals surface area contributed by atoms with Crippen molar-refractivity contribution in [1.29, 1.82) is 0 Å². The van der Waals surface area contributed by atoms with E-state index in [1.165, 1.54) is 25.7 Å². The molecule has 1 atom stereocenters. The highest BCUT2D eigenvalue weighted by molar-refractivity contribution is 5.84. The molecular weight excluding hydrogens is 228 g/mol. The van der Waals surface area contributed by atoms with Crippen molar-refractivity contribution >= 4 is 5.91 Å². The summed E-state index contributed by atoms with van der Waals surface area (Å²) in [6, 6.07) is 0. The number of likely N-dealkylation sites (tertiary alicyclic amines) is 2. The van der Waals surface area contributed by atoms with Gasteiger partial charge in [-0.15, -0.1) is 0 Å². The average Bonchev–Trinajstić information content (AvgIpc) is 2.47. The van der Waals surface area contributed by atoms with Crippen LogP contribution in [0.25, 0.3) is 0 Å². The lowest BCUT2D eigenvalue weighted by Gasteiger charge is -2.44. The van der Waals surface area contributed by atoms with E-state index in [2.05, 4.69) is 4.90 Å². The highest BCUT2D eigenvalue weighted by Crippen LogP contribution is 2.25. The molecule has 0 radical (unpaired) electrons. The van der Waals surface area contributed by atoms with Crippen molar-refractivity contribution in [3.05, 3.63) is 0 Å². The zero-order chi connectivity index (χ0) is 13.0. The van der Waals surface area contributed by atoms with Crippen molar-refractivity contribution in [2.75, 3.05) is 33.3 Å². The second kappa shape index (κ2) is 6.02. The number of rotatable bonds is 3. The molecule has 1 unspecified atom stereocenters. The Morgan fingerprint density at radius 3 is 1.94 bits per heavy atom. The van der Waals surface area contributed by atoms with Crippen molar-refractivity contribution in [3.8, 4) is 0 Å². The van der Waals surface area contributed by atoms with E-state index in [9.17, 15) is 4.79 Å². The number of methoxy groups -OCH3 is 1. The third-order valence-corrected chi connectivity index (χ3v) is 4.40. The van der Waals surface area contributed by atoms with Gasteiger partial charge in [-0.05, 0) is 39.0 Å². The molecule has 2 aliphatic heterocycles. The number of carbonyl (C=O) groups is 1. The largest absolute Gasteiger partial charge is 0.355 e. The van der Waals surface area contributed by atoms with Gasteiger partial charge in [0.2, 0.25) is 0 Å². The highest BCUT2D eigenvalue weighted by atomic mass is 16.5. The van der Waals surface area contributed by atoms with Crippen LogP contribution in [0.15, 0.2) is 0 Å². The van der Waals surface area contributed by atoms with Crippen LogP contribution in [0, 0.1) is 0 Å². The topological polar surface area (TPSA) is 32.8 Å². The fraction of sp³-hybridized carbons (Fsp3) is 0.929. The van der Waals surface area contributed by atoms with Crippen LogP contribution in [-0.4, -0.2) is 54.7 Å². The lowest BCUT2D eigenvalue weighted by Crippen LogP contribution is -2.60. The molecule has 0 aromatic carbocycles. The molecule has 0 spiro atoms. The summed E-state index contributed by atoms with van der Waals surface area (Å²) in [5.41, 5.74) is -0.752. The minimum absolute atomic E-state index is 0.159. The van der Waals surface area contributed by atoms with E-state index < -0.39 is 5.72 Å². The third-order valence-electron chi connectivity index (χ3n) is 4.40. The number of ether oxygens (including phenoxy) is 1. The monoisotopic (exact) mass is 254 g/mol. The van der Waals surface area contributed by atoms with E-state index in [0.29, 0.717) is 0 Å². The predicted molar refractivity (Wildman–Crippen MR) is 71.3 cm³/mol. The molecule has 4 nitrogen and oxygen atoms in total. The summed E-state index contributed by atoms with van der Waals surface area (Å²) in [7, 11) is 1.66. The molecule has 4 heteroatoms. The first-order valence-corrected chi connectivity index (χ1v) is 7.28. The lowest BCUT2D eigenvalue weighted by atomic mass is 10.0. The molecule has 18 heavy (non-hydrogen) atoms. The van der Waals surface area contributed by atoms with Crippen molar-refractivity contribution < 1.29 is 9.53 Å². The SMILES string of the molecule is COC(C)(C(=O)N1CCCCC1)N1CCCCC1. The molecule has 0 aliphatic carbocycles. The van der Waals surface area contributed by atoms with E-state index in [1.54, 1.807) is 7.11 Å². The molecule has 104 valence electrons. The zero-order valence-corrected chi connectivity index (χ0v) is 11.8. The van der Waals surface area contributed by atoms with Gasteiger partial charge in [0.15, 0.2) is 5.72 Å². The maximum Gasteiger partial charge on any atom is 0.269 e. The van der Waals surface area contributed by atoms with Crippen LogP contribution < -0.4 is 0 Å². The van der Waals surface area contributed by atoms with Gasteiger partial charge in [0, 0.05) is 33.3 Å². The summed E-state index contributed by atoms with van der Waals surface area (Å²) >= 11 is 0. The number of carbonyl (C=O) groups excluding carboxylic acids is 1. The first-order chi connectivity index (χ1) is 8.68. The lowest BCUT2D eigenvalue weighted by molar-refractivity contribution is -0.181. The molecule has 0 saturated carbocycles. The second-order valence-corrected chi connectivity index (χ2v) is 5.59. The van der Waals surface area contributed by atoms with Crippen LogP contribution in [0.4, 0.5) is 0 Å². The van der Waals surface area contributed by atoms with E-state index >= 15 is 0 Å². The standard InChI is InChI=1S/C14H26N2O2/c1-14(18-2,16-11-7-4-8-12-16)13(17)15-9-5-3-6-10-15/h3-12H2,1-2H3. The predicted octanol–water partition coefficient (Wildman–Crippen LogP) is 1.85. The van der Waals surface area contributed by atoms with E-state index in [1.807, 2.05) is 11.8 Å². The number of nitrogens with zero attached hydrogens (tertiary/aromatic N) is 2. The first kappa shape index (κ1) is 13.8. The molecule has 0 N–H and O–H groups in total. The number of hydrogen-bond donors (Lipinski definition) is 0. The smallest absolute Gasteiger partial charge is 0.269 e. The summed E-state index contributed by atoms with van der Waals surface area (Å²) in [6.07, 6.45) is 7.13. The maximum absolute atomic E-state index is 12.7. The summed E-state index contributed by atoms with van der Waals surface area (Å²) in [5.74, 6) is 0.159. The second-order valence-electron chi connectivity index (χ2n) is 5.59. The van der Waals surface area contributed by atoms with Gasteiger partial charge in [-0.3, -0.25) is 9.69 Å². The van der Waals surface area contributed by atoms with Crippen LogP contribution in [0.5, 0.6) is 0 Å². The van der Waals surface area contributed by atoms with E-state index in [0.717, 1.165) is 39.0 Å². The fourth-order valence-electron chi connectivity index (χ4n) is 3.06. The van der Waals surface area contributed by atoms with Gasteiger partial charge in [0.25, 0.3) is 5.91 Å². The Morgan fingerprint density at radius 2 is 1.44 bits per heavy atom. The number of hydrogen-bond acceptors (Lipinski definition) is 3. The van der Waals surface area contributed by atoms with Gasteiger partial charge in [-0.2, -0.15) is 0 Å². The number of amides is 1. The third kappa shape index (κ3) is 2.69. The van der Waals surface area contributed by atoms with Crippen LogP contribution in [0.2, 0.25) is 0 Å². The van der Waals surface area contributed by atoms with Gasteiger partial charge < -0.3 is 9.64 Å². The van der Waals surface area contributed by atoms with Crippen LogP contribution in [-0.2, 0) is 9.53 Å². The summed E-state index contributed by atoms with van der Waals surface area (Å²) in [5, 5.41) is 0. The summed E-state index contributed by atoms with van der Waals surface area (Å²) in [4.78, 5) is 16.9. The molecule has 1 amide bonds. The molecule has 2 aliphatic rings. The zero-order valence-electron chi connectivity index (χ0n) is 11.8. The Balaban J connectivity index is 2.06. The van der Waals surface area contributed by atoms with Gasteiger partial charge in [0.1, 0.15) is 0 Å². The molecule has 2 heterocycles. The van der Waals surface area contributed by atoms with Gasteiger partial charge in [-0.1, -0.05) is 6.42 Å². The normalized spacial score (nSPS) is 25.8. The number of piperidine rings is 2. The van der Waals surface area contributed by atoms with Gasteiger partial charge >= 0.3 is 0 Å². The van der Waals surface area contributed by atoms with Crippen molar-refractivity contribution in [2.45, 2.75) is 51.2 Å². The first-order valence-electron chi connectivity index (χ1n) is 7.28. The molecule has 0 bridgehead atoms. The molecular formula is C14H26N2O2. The molecule has 2 fully saturated rings. The highest BCUT2D eigenvalue weighted by Gasteiger charge is 2.42. The van der Waals surface area contributed by atoms with E-state index in [4.69, 9.17) is 4.74 Å². The fourth-order valence-corrected chi connectivity index (χ4v) is 3.06. The minimum atomic E-state index is -0.752. The van der Waals surface area contributed by atoms with Crippen LogP contribution in [0.1, 0.15) is 45.4 Å². The summed E-state index contributed by atoms with van der Waals surface area (Å²) in [6.45, 7) is 5.68. The Hall–Kier alpha value is -0.610. The quantitative estimate of drug-likeness (QED) is 0.770. The minimum Gasteiger partial charge on any atom is -0.355 e. The Bertz CT molecular complexity index is 284. The van der Waals surface area contributed by atoms with E-state index in [-0.39, 0.29) is 5.91 Å².